The summed E-state index contributed by atoms with van der Waals surface area (Å²) in [5.41, 5.74) is 2.27. The molecule has 0 atom stereocenters. The number of benzene rings is 3. The van der Waals surface area contributed by atoms with Crippen molar-refractivity contribution < 1.29 is 28.7 Å². The van der Waals surface area contributed by atoms with E-state index >= 15 is 0 Å². The number of hydrogen-bond acceptors (Lipinski definition) is 6. The van der Waals surface area contributed by atoms with Crippen LogP contribution in [0.3, 0.4) is 0 Å². The molecule has 0 saturated carbocycles. The molecular weight excluding hydrogens is 436 g/mol. The predicted octanol–water partition coefficient (Wildman–Crippen LogP) is 3.01. The number of methoxy groups -OCH3 is 1. The Labute approximate surface area is 196 Å². The maximum atomic E-state index is 12.6. The number of amides is 3. The van der Waals surface area contributed by atoms with Crippen LogP contribution in [0.5, 0.6) is 5.75 Å². The molecule has 0 fully saturated rings. The molecule has 0 aromatic heterocycles. The summed E-state index contributed by atoms with van der Waals surface area (Å²) in [6, 6.07) is 20.0. The molecule has 0 bridgehead atoms. The first kappa shape index (κ1) is 22.7. The minimum Gasteiger partial charge on any atom is -0.497 e. The van der Waals surface area contributed by atoms with E-state index in [4.69, 9.17) is 9.47 Å². The van der Waals surface area contributed by atoms with Crippen molar-refractivity contribution in [2.24, 2.45) is 0 Å². The molecule has 0 saturated heterocycles. The van der Waals surface area contributed by atoms with Crippen LogP contribution in [0.15, 0.2) is 72.8 Å². The van der Waals surface area contributed by atoms with E-state index in [1.54, 1.807) is 31.4 Å². The summed E-state index contributed by atoms with van der Waals surface area (Å²) in [5.74, 6) is -1.16. The van der Waals surface area contributed by atoms with Crippen LogP contribution >= 0.6 is 0 Å². The first-order valence-electron chi connectivity index (χ1n) is 10.6. The number of nitrogens with one attached hydrogen (secondary N) is 1. The van der Waals surface area contributed by atoms with Crippen molar-refractivity contribution in [3.63, 3.8) is 0 Å². The maximum Gasteiger partial charge on any atom is 0.338 e. The van der Waals surface area contributed by atoms with E-state index in [2.05, 4.69) is 5.32 Å². The molecule has 1 heterocycles. The summed E-state index contributed by atoms with van der Waals surface area (Å²) < 4.78 is 10.2. The van der Waals surface area contributed by atoms with Crippen molar-refractivity contribution in [2.45, 2.75) is 6.42 Å². The Morgan fingerprint density at radius 1 is 0.853 bits per heavy atom. The summed E-state index contributed by atoms with van der Waals surface area (Å²) >= 11 is 0. The Morgan fingerprint density at radius 2 is 1.47 bits per heavy atom. The lowest BCUT2D eigenvalue weighted by Gasteiger charge is -2.14. The van der Waals surface area contributed by atoms with Crippen molar-refractivity contribution in [3.05, 3.63) is 95.1 Å². The van der Waals surface area contributed by atoms with Gasteiger partial charge in [-0.15, -0.1) is 0 Å². The van der Waals surface area contributed by atoms with Gasteiger partial charge in [0.25, 0.3) is 17.7 Å². The second-order valence-electron chi connectivity index (χ2n) is 7.56. The van der Waals surface area contributed by atoms with Crippen LogP contribution in [0.25, 0.3) is 0 Å². The van der Waals surface area contributed by atoms with Gasteiger partial charge in [0.05, 0.1) is 29.5 Å². The molecule has 4 rings (SSSR count). The number of anilines is 1. The first-order chi connectivity index (χ1) is 16.5. The molecule has 8 nitrogen and oxygen atoms in total. The number of imide groups is 1. The van der Waals surface area contributed by atoms with Crippen LogP contribution in [0.2, 0.25) is 0 Å². The number of ether oxygens (including phenoxy) is 2. The van der Waals surface area contributed by atoms with E-state index in [0.29, 0.717) is 29.8 Å². The summed E-state index contributed by atoms with van der Waals surface area (Å²) in [4.78, 5) is 50.5. The number of hydrogen-bond donors (Lipinski definition) is 1. The highest BCUT2D eigenvalue weighted by Crippen LogP contribution is 2.28. The summed E-state index contributed by atoms with van der Waals surface area (Å²) in [6.45, 7) is -0.0146. The molecule has 0 spiro atoms. The van der Waals surface area contributed by atoms with E-state index < -0.39 is 30.3 Å². The molecule has 0 unspecified atom stereocenters. The zero-order valence-electron chi connectivity index (χ0n) is 18.4. The average Bonchev–Trinajstić information content (AvgIpc) is 3.13. The molecule has 0 aliphatic carbocycles. The minimum absolute atomic E-state index is 0.200. The molecule has 0 radical (unpaired) electrons. The van der Waals surface area contributed by atoms with Crippen LogP contribution < -0.4 is 15.0 Å². The Morgan fingerprint density at radius 3 is 2.06 bits per heavy atom. The van der Waals surface area contributed by atoms with Gasteiger partial charge >= 0.3 is 5.97 Å². The molecule has 3 aromatic carbocycles. The number of fused-ring (bicyclic) bond motifs is 1. The third kappa shape index (κ3) is 4.80. The van der Waals surface area contributed by atoms with E-state index in [1.165, 1.54) is 24.3 Å². The van der Waals surface area contributed by atoms with Crippen LogP contribution in [-0.4, -0.2) is 44.0 Å². The quantitative estimate of drug-likeness (QED) is 0.411. The zero-order valence-corrected chi connectivity index (χ0v) is 18.4. The molecule has 3 amide bonds. The van der Waals surface area contributed by atoms with Crippen molar-refractivity contribution in [1.29, 1.82) is 0 Å². The lowest BCUT2D eigenvalue weighted by Crippen LogP contribution is -2.30. The Kier molecular flexibility index (Phi) is 6.68. The number of nitrogens with zero attached hydrogens (tertiary/aromatic N) is 1. The first-order valence-corrected chi connectivity index (χ1v) is 10.6. The molecule has 8 heteroatoms. The lowest BCUT2D eigenvalue weighted by molar-refractivity contribution is -0.124. The Bertz CT molecular complexity index is 1200. The molecule has 1 N–H and O–H groups in total. The van der Waals surface area contributed by atoms with Gasteiger partial charge in [0.2, 0.25) is 0 Å². The van der Waals surface area contributed by atoms with E-state index in [0.717, 1.165) is 16.2 Å². The number of esters is 1. The number of rotatable bonds is 8. The summed E-state index contributed by atoms with van der Waals surface area (Å²) in [6.07, 6.45) is 0.628. The fraction of sp³-hybridized carbons (Fsp3) is 0.154. The van der Waals surface area contributed by atoms with Gasteiger partial charge in [0.1, 0.15) is 5.75 Å². The molecule has 3 aromatic rings. The normalized spacial score (nSPS) is 12.3. The summed E-state index contributed by atoms with van der Waals surface area (Å²) in [7, 11) is 1.60. The molecule has 172 valence electrons. The molecule has 34 heavy (non-hydrogen) atoms. The maximum absolute atomic E-state index is 12.6. The highest BCUT2D eigenvalue weighted by atomic mass is 16.5. The van der Waals surface area contributed by atoms with Crippen molar-refractivity contribution >= 4 is 29.4 Å². The van der Waals surface area contributed by atoms with Gasteiger partial charge in [-0.3, -0.25) is 14.4 Å². The number of carbonyl (C=O) groups is 4. The van der Waals surface area contributed by atoms with E-state index in [-0.39, 0.29) is 5.56 Å². The standard InChI is InChI=1S/C26H22N2O6/c1-33-20-12-6-17(7-13-20)14-15-27-23(29)16-34-26(32)18-8-10-19(11-9-18)28-24(30)21-4-2-3-5-22(21)25(28)31/h2-13H,14-16H2,1H3,(H,27,29). The van der Waals surface area contributed by atoms with Crippen molar-refractivity contribution in [2.75, 3.05) is 25.2 Å². The highest BCUT2D eigenvalue weighted by molar-refractivity contribution is 6.34. The predicted molar refractivity (Wildman–Crippen MR) is 124 cm³/mol. The SMILES string of the molecule is COc1ccc(CCNC(=O)COC(=O)c2ccc(N3C(=O)c4ccccc4C3=O)cc2)cc1. The van der Waals surface area contributed by atoms with Gasteiger partial charge in [0.15, 0.2) is 6.61 Å². The monoisotopic (exact) mass is 458 g/mol. The third-order valence-electron chi connectivity index (χ3n) is 5.38. The van der Waals surface area contributed by atoms with Crippen LogP contribution in [0.1, 0.15) is 36.6 Å². The van der Waals surface area contributed by atoms with Crippen molar-refractivity contribution in [1.82, 2.24) is 5.32 Å². The van der Waals surface area contributed by atoms with E-state index in [9.17, 15) is 19.2 Å². The highest BCUT2D eigenvalue weighted by Gasteiger charge is 2.36. The third-order valence-corrected chi connectivity index (χ3v) is 5.38. The largest absolute Gasteiger partial charge is 0.497 e. The Hall–Kier alpha value is -4.46. The van der Waals surface area contributed by atoms with Crippen LogP contribution in [0.4, 0.5) is 5.69 Å². The fourth-order valence-corrected chi connectivity index (χ4v) is 3.57. The molecule has 1 aliphatic heterocycles. The molecule has 1 aliphatic rings. The van der Waals surface area contributed by atoms with Gasteiger partial charge in [0, 0.05) is 6.54 Å². The minimum atomic E-state index is -0.681. The summed E-state index contributed by atoms with van der Waals surface area (Å²) in [5, 5.41) is 2.70. The van der Waals surface area contributed by atoms with Gasteiger partial charge in [-0.05, 0) is 60.5 Å². The van der Waals surface area contributed by atoms with Gasteiger partial charge in [-0.1, -0.05) is 24.3 Å². The second kappa shape index (κ2) is 9.99. The topological polar surface area (TPSA) is 102 Å². The van der Waals surface area contributed by atoms with Gasteiger partial charge < -0.3 is 14.8 Å². The van der Waals surface area contributed by atoms with Gasteiger partial charge in [-0.25, -0.2) is 9.69 Å². The smallest absolute Gasteiger partial charge is 0.338 e. The number of carbonyl (C=O) groups excluding carboxylic acids is 4. The van der Waals surface area contributed by atoms with Crippen LogP contribution in [0, 0.1) is 0 Å². The average molecular weight is 458 g/mol. The lowest BCUT2D eigenvalue weighted by atomic mass is 10.1. The molecular formula is C26H22N2O6. The Balaban J connectivity index is 1.26. The van der Waals surface area contributed by atoms with Crippen molar-refractivity contribution in [3.8, 4) is 5.75 Å². The van der Waals surface area contributed by atoms with Gasteiger partial charge in [-0.2, -0.15) is 0 Å². The zero-order chi connectivity index (χ0) is 24.1. The van der Waals surface area contributed by atoms with E-state index in [1.807, 2.05) is 24.3 Å². The second-order valence-corrected chi connectivity index (χ2v) is 7.56. The van der Waals surface area contributed by atoms with Crippen LogP contribution in [-0.2, 0) is 16.0 Å². The fourth-order valence-electron chi connectivity index (χ4n) is 3.57.